The van der Waals surface area contributed by atoms with Gasteiger partial charge in [0.1, 0.15) is 0 Å². The van der Waals surface area contributed by atoms with Crippen molar-refractivity contribution in [2.24, 2.45) is 17.6 Å². The molecule has 1 fully saturated rings. The number of carbonyl (C=O) groups is 1. The first-order chi connectivity index (χ1) is 7.13. The molecule has 0 aromatic rings. The Morgan fingerprint density at radius 2 is 2.00 bits per heavy atom. The van der Waals surface area contributed by atoms with Crippen LogP contribution in [0.5, 0.6) is 0 Å². The van der Waals surface area contributed by atoms with Crippen LogP contribution in [0.15, 0.2) is 0 Å². The maximum Gasteiger partial charge on any atom is 0.220 e. The predicted molar refractivity (Wildman–Crippen MR) is 62.4 cm³/mol. The summed E-state index contributed by atoms with van der Waals surface area (Å²) < 4.78 is 0. The molecule has 1 unspecified atom stereocenters. The second kappa shape index (κ2) is 6.11. The highest BCUT2D eigenvalue weighted by molar-refractivity contribution is 5.76. The fourth-order valence-corrected chi connectivity index (χ4v) is 2.16. The Hall–Kier alpha value is -0.570. The lowest BCUT2D eigenvalue weighted by Crippen LogP contribution is -2.34. The molecule has 1 saturated carbocycles. The maximum absolute atomic E-state index is 11.0. The number of nitrogens with one attached hydrogen (secondary N) is 1. The Bertz CT molecular complexity index is 198. The molecule has 3 heteroatoms. The van der Waals surface area contributed by atoms with E-state index in [1.165, 1.54) is 6.42 Å². The molecule has 1 amide bonds. The number of nitrogens with two attached hydrogens (primary N) is 1. The molecule has 0 saturated heterocycles. The summed E-state index contributed by atoms with van der Waals surface area (Å²) in [5, 5.41) is 3.53. The van der Waals surface area contributed by atoms with Gasteiger partial charge in [-0.05, 0) is 51.5 Å². The van der Waals surface area contributed by atoms with Gasteiger partial charge in [0.2, 0.25) is 5.91 Å². The molecule has 1 rings (SSSR count). The molecule has 0 aliphatic heterocycles. The van der Waals surface area contributed by atoms with Gasteiger partial charge in [0.05, 0.1) is 0 Å². The number of primary amides is 1. The lowest BCUT2D eigenvalue weighted by molar-refractivity contribution is -0.122. The highest BCUT2D eigenvalue weighted by Gasteiger charge is 2.24. The first-order valence-corrected chi connectivity index (χ1v) is 6.16. The van der Waals surface area contributed by atoms with Crippen LogP contribution >= 0.6 is 0 Å². The van der Waals surface area contributed by atoms with Crippen LogP contribution in [-0.4, -0.2) is 18.5 Å². The van der Waals surface area contributed by atoms with Crippen LogP contribution in [0.2, 0.25) is 0 Å². The van der Waals surface area contributed by atoms with Crippen molar-refractivity contribution in [3.8, 4) is 0 Å². The molecular weight excluding hydrogens is 188 g/mol. The van der Waals surface area contributed by atoms with E-state index in [1.807, 2.05) is 0 Å². The van der Waals surface area contributed by atoms with Crippen molar-refractivity contribution in [2.45, 2.75) is 52.0 Å². The number of hydrogen-bond donors (Lipinski definition) is 2. The summed E-state index contributed by atoms with van der Waals surface area (Å²) in [6.45, 7) is 5.51. The normalized spacial score (nSPS) is 28.7. The molecule has 0 radical (unpaired) electrons. The first kappa shape index (κ1) is 12.5. The van der Waals surface area contributed by atoms with Gasteiger partial charge in [-0.25, -0.2) is 0 Å². The van der Waals surface area contributed by atoms with E-state index in [9.17, 15) is 4.79 Å². The fraction of sp³-hybridized carbons (Fsp3) is 0.917. The average Bonchev–Trinajstić information content (AvgIpc) is 2.26. The molecule has 0 heterocycles. The number of rotatable bonds is 5. The van der Waals surface area contributed by atoms with Crippen LogP contribution in [0.3, 0.4) is 0 Å². The van der Waals surface area contributed by atoms with Crippen LogP contribution < -0.4 is 11.1 Å². The predicted octanol–water partition coefficient (Wildman–Crippen LogP) is 1.67. The lowest BCUT2D eigenvalue weighted by atomic mass is 9.81. The summed E-state index contributed by atoms with van der Waals surface area (Å²) in [7, 11) is 0. The summed E-state index contributed by atoms with van der Waals surface area (Å²) in [5.41, 5.74) is 5.30. The van der Waals surface area contributed by atoms with E-state index in [0.29, 0.717) is 6.04 Å². The van der Waals surface area contributed by atoms with Crippen LogP contribution in [0.1, 0.15) is 46.0 Å². The SMILES string of the molecule is CCC(C)NCC1CCC(C(N)=O)CC1. The highest BCUT2D eigenvalue weighted by atomic mass is 16.1. The summed E-state index contributed by atoms with van der Waals surface area (Å²) in [6.07, 6.45) is 5.45. The number of amides is 1. The van der Waals surface area contributed by atoms with Gasteiger partial charge in [-0.1, -0.05) is 6.92 Å². The van der Waals surface area contributed by atoms with Crippen molar-refractivity contribution >= 4 is 5.91 Å². The molecule has 0 aromatic heterocycles. The van der Waals surface area contributed by atoms with Gasteiger partial charge < -0.3 is 11.1 Å². The summed E-state index contributed by atoms with van der Waals surface area (Å²) >= 11 is 0. The van der Waals surface area contributed by atoms with E-state index < -0.39 is 0 Å². The molecule has 0 bridgehead atoms. The molecule has 1 aliphatic rings. The van der Waals surface area contributed by atoms with E-state index in [0.717, 1.165) is 38.1 Å². The summed E-state index contributed by atoms with van der Waals surface area (Å²) in [4.78, 5) is 11.0. The Labute approximate surface area is 92.8 Å². The third kappa shape index (κ3) is 4.20. The highest BCUT2D eigenvalue weighted by Crippen LogP contribution is 2.28. The van der Waals surface area contributed by atoms with Gasteiger partial charge in [-0.3, -0.25) is 4.79 Å². The van der Waals surface area contributed by atoms with Crippen LogP contribution in [0, 0.1) is 11.8 Å². The van der Waals surface area contributed by atoms with Crippen molar-refractivity contribution in [1.29, 1.82) is 0 Å². The Kier molecular flexibility index (Phi) is 5.09. The van der Waals surface area contributed by atoms with Gasteiger partial charge in [-0.2, -0.15) is 0 Å². The number of hydrogen-bond acceptors (Lipinski definition) is 2. The van der Waals surface area contributed by atoms with Crippen molar-refractivity contribution < 1.29 is 4.79 Å². The Morgan fingerprint density at radius 3 is 2.47 bits per heavy atom. The molecule has 15 heavy (non-hydrogen) atoms. The van der Waals surface area contributed by atoms with Crippen LogP contribution in [0.25, 0.3) is 0 Å². The third-order valence-electron chi connectivity index (χ3n) is 3.62. The second-order valence-corrected chi connectivity index (χ2v) is 4.84. The molecule has 88 valence electrons. The zero-order valence-corrected chi connectivity index (χ0v) is 9.96. The van der Waals surface area contributed by atoms with E-state index >= 15 is 0 Å². The van der Waals surface area contributed by atoms with Gasteiger partial charge in [0, 0.05) is 12.0 Å². The third-order valence-corrected chi connectivity index (χ3v) is 3.62. The second-order valence-electron chi connectivity index (χ2n) is 4.84. The van der Waals surface area contributed by atoms with Crippen molar-refractivity contribution in [3.05, 3.63) is 0 Å². The topological polar surface area (TPSA) is 55.1 Å². The summed E-state index contributed by atoms with van der Waals surface area (Å²) in [6, 6.07) is 0.610. The van der Waals surface area contributed by atoms with Gasteiger partial charge in [0.15, 0.2) is 0 Å². The van der Waals surface area contributed by atoms with Crippen LogP contribution in [-0.2, 0) is 4.79 Å². The van der Waals surface area contributed by atoms with Crippen molar-refractivity contribution in [3.63, 3.8) is 0 Å². The Morgan fingerprint density at radius 1 is 1.40 bits per heavy atom. The van der Waals surface area contributed by atoms with Gasteiger partial charge in [0.25, 0.3) is 0 Å². The fourth-order valence-electron chi connectivity index (χ4n) is 2.16. The standard InChI is InChI=1S/C12H24N2O/c1-3-9(2)14-8-10-4-6-11(7-5-10)12(13)15/h9-11,14H,3-8H2,1-2H3,(H2,13,15). The smallest absolute Gasteiger partial charge is 0.220 e. The molecular formula is C12H24N2O. The van der Waals surface area contributed by atoms with Gasteiger partial charge in [-0.15, -0.1) is 0 Å². The molecule has 0 aromatic carbocycles. The van der Waals surface area contributed by atoms with Crippen LogP contribution in [0.4, 0.5) is 0 Å². The minimum Gasteiger partial charge on any atom is -0.369 e. The largest absolute Gasteiger partial charge is 0.369 e. The number of carbonyl (C=O) groups excluding carboxylic acids is 1. The summed E-state index contributed by atoms with van der Waals surface area (Å²) in [5.74, 6) is 0.780. The first-order valence-electron chi connectivity index (χ1n) is 6.16. The molecule has 0 spiro atoms. The van der Waals surface area contributed by atoms with E-state index in [-0.39, 0.29) is 11.8 Å². The zero-order chi connectivity index (χ0) is 11.3. The maximum atomic E-state index is 11.0. The monoisotopic (exact) mass is 212 g/mol. The quantitative estimate of drug-likeness (QED) is 0.728. The van der Waals surface area contributed by atoms with Crippen molar-refractivity contribution in [2.75, 3.05) is 6.54 Å². The molecule has 1 atom stereocenters. The zero-order valence-electron chi connectivity index (χ0n) is 9.96. The minimum absolute atomic E-state index is 0.108. The van der Waals surface area contributed by atoms with E-state index in [1.54, 1.807) is 0 Å². The molecule has 1 aliphatic carbocycles. The van der Waals surface area contributed by atoms with Crippen molar-refractivity contribution in [1.82, 2.24) is 5.32 Å². The van der Waals surface area contributed by atoms with E-state index in [4.69, 9.17) is 5.73 Å². The molecule has 3 N–H and O–H groups in total. The Balaban J connectivity index is 2.17. The molecule has 3 nitrogen and oxygen atoms in total. The average molecular weight is 212 g/mol. The minimum atomic E-state index is -0.108. The van der Waals surface area contributed by atoms with E-state index in [2.05, 4.69) is 19.2 Å². The lowest BCUT2D eigenvalue weighted by Gasteiger charge is -2.27. The van der Waals surface area contributed by atoms with Gasteiger partial charge >= 0.3 is 0 Å².